The standard InChI is InChI=1S/C16H21NO3/c1-12-10-13(15(18)19)6-7-14(12)20-9-5-4-8-16(2,3)11-17/h6-7,10H,4-5,8-9H2,1-3H3,(H,18,19). The summed E-state index contributed by atoms with van der Waals surface area (Å²) in [7, 11) is 0. The van der Waals surface area contributed by atoms with Crippen molar-refractivity contribution >= 4 is 5.97 Å². The molecule has 0 aromatic heterocycles. The minimum Gasteiger partial charge on any atom is -0.493 e. The summed E-state index contributed by atoms with van der Waals surface area (Å²) in [5.74, 6) is -0.215. The van der Waals surface area contributed by atoms with Crippen LogP contribution in [0.15, 0.2) is 18.2 Å². The summed E-state index contributed by atoms with van der Waals surface area (Å²) < 4.78 is 5.64. The Balaban J connectivity index is 2.40. The zero-order valence-electron chi connectivity index (χ0n) is 12.3. The highest BCUT2D eigenvalue weighted by Crippen LogP contribution is 2.23. The predicted molar refractivity (Wildman–Crippen MR) is 76.9 cm³/mol. The maximum Gasteiger partial charge on any atom is 0.335 e. The Kier molecular flexibility index (Phi) is 5.57. The second kappa shape index (κ2) is 6.95. The molecule has 0 spiro atoms. The lowest BCUT2D eigenvalue weighted by Gasteiger charge is -2.15. The van der Waals surface area contributed by atoms with E-state index in [1.807, 2.05) is 20.8 Å². The van der Waals surface area contributed by atoms with Gasteiger partial charge in [0.25, 0.3) is 0 Å². The fourth-order valence-electron chi connectivity index (χ4n) is 1.85. The molecule has 0 fully saturated rings. The zero-order valence-corrected chi connectivity index (χ0v) is 12.3. The number of carboxylic acid groups (broad SMARTS) is 1. The van der Waals surface area contributed by atoms with Crippen LogP contribution in [0.3, 0.4) is 0 Å². The Morgan fingerprint density at radius 3 is 2.65 bits per heavy atom. The highest BCUT2D eigenvalue weighted by Gasteiger charge is 2.15. The van der Waals surface area contributed by atoms with Crippen LogP contribution in [0.25, 0.3) is 0 Å². The molecule has 0 amide bonds. The van der Waals surface area contributed by atoms with Crippen LogP contribution in [-0.2, 0) is 0 Å². The molecular formula is C16H21NO3. The van der Waals surface area contributed by atoms with E-state index in [0.29, 0.717) is 6.61 Å². The lowest BCUT2D eigenvalue weighted by atomic mass is 9.89. The molecule has 0 aliphatic rings. The van der Waals surface area contributed by atoms with Gasteiger partial charge in [-0.2, -0.15) is 5.26 Å². The molecule has 0 bridgehead atoms. The Hall–Kier alpha value is -2.02. The zero-order chi connectivity index (χ0) is 15.2. The number of hydrogen-bond acceptors (Lipinski definition) is 3. The molecule has 108 valence electrons. The predicted octanol–water partition coefficient (Wildman–Crippen LogP) is 3.79. The van der Waals surface area contributed by atoms with Crippen molar-refractivity contribution in [3.8, 4) is 11.8 Å². The molecule has 0 saturated heterocycles. The third-order valence-electron chi connectivity index (χ3n) is 3.18. The summed E-state index contributed by atoms with van der Waals surface area (Å²) in [4.78, 5) is 10.8. The van der Waals surface area contributed by atoms with Gasteiger partial charge >= 0.3 is 5.97 Å². The van der Waals surface area contributed by atoms with Crippen molar-refractivity contribution in [1.82, 2.24) is 0 Å². The van der Waals surface area contributed by atoms with Gasteiger partial charge in [-0.15, -0.1) is 0 Å². The van der Waals surface area contributed by atoms with E-state index in [0.717, 1.165) is 30.6 Å². The van der Waals surface area contributed by atoms with Crippen molar-refractivity contribution in [2.45, 2.75) is 40.0 Å². The van der Waals surface area contributed by atoms with Crippen LogP contribution in [0, 0.1) is 23.7 Å². The van der Waals surface area contributed by atoms with E-state index in [1.165, 1.54) is 0 Å². The number of aryl methyl sites for hydroxylation is 1. The molecule has 20 heavy (non-hydrogen) atoms. The average Bonchev–Trinajstić information content (AvgIpc) is 2.39. The number of rotatable bonds is 7. The van der Waals surface area contributed by atoms with Gasteiger partial charge in [-0.3, -0.25) is 0 Å². The van der Waals surface area contributed by atoms with Crippen molar-refractivity contribution in [3.63, 3.8) is 0 Å². The minimum absolute atomic E-state index is 0.269. The van der Waals surface area contributed by atoms with Crippen LogP contribution >= 0.6 is 0 Å². The summed E-state index contributed by atoms with van der Waals surface area (Å²) in [5.41, 5.74) is 0.812. The van der Waals surface area contributed by atoms with Gasteiger partial charge in [0.05, 0.1) is 23.7 Å². The highest BCUT2D eigenvalue weighted by atomic mass is 16.5. The van der Waals surface area contributed by atoms with Crippen LogP contribution < -0.4 is 4.74 Å². The molecule has 1 aromatic rings. The fraction of sp³-hybridized carbons (Fsp3) is 0.500. The van der Waals surface area contributed by atoms with E-state index in [2.05, 4.69) is 6.07 Å². The molecule has 0 atom stereocenters. The number of nitrogens with zero attached hydrogens (tertiary/aromatic N) is 1. The van der Waals surface area contributed by atoms with E-state index in [4.69, 9.17) is 15.1 Å². The van der Waals surface area contributed by atoms with Gasteiger partial charge < -0.3 is 9.84 Å². The molecule has 0 heterocycles. The van der Waals surface area contributed by atoms with E-state index >= 15 is 0 Å². The average molecular weight is 275 g/mol. The van der Waals surface area contributed by atoms with Gasteiger partial charge in [-0.25, -0.2) is 4.79 Å². The number of nitriles is 1. The topological polar surface area (TPSA) is 70.3 Å². The van der Waals surface area contributed by atoms with Crippen molar-refractivity contribution in [2.75, 3.05) is 6.61 Å². The number of carbonyl (C=O) groups is 1. The smallest absolute Gasteiger partial charge is 0.335 e. The second-order valence-electron chi connectivity index (χ2n) is 5.59. The number of hydrogen-bond donors (Lipinski definition) is 1. The lowest BCUT2D eigenvalue weighted by Crippen LogP contribution is -2.08. The van der Waals surface area contributed by atoms with Gasteiger partial charge in [0.15, 0.2) is 0 Å². The van der Waals surface area contributed by atoms with E-state index in [-0.39, 0.29) is 11.0 Å². The van der Waals surface area contributed by atoms with Crippen LogP contribution in [0.4, 0.5) is 0 Å². The van der Waals surface area contributed by atoms with E-state index in [1.54, 1.807) is 18.2 Å². The monoisotopic (exact) mass is 275 g/mol. The van der Waals surface area contributed by atoms with Gasteiger partial charge in [0.2, 0.25) is 0 Å². The van der Waals surface area contributed by atoms with Crippen LogP contribution in [0.1, 0.15) is 49.0 Å². The number of carboxylic acids is 1. The van der Waals surface area contributed by atoms with Gasteiger partial charge in [-0.1, -0.05) is 0 Å². The first kappa shape index (κ1) is 16.0. The Morgan fingerprint density at radius 1 is 1.40 bits per heavy atom. The lowest BCUT2D eigenvalue weighted by molar-refractivity contribution is 0.0696. The molecule has 1 rings (SSSR count). The first-order chi connectivity index (χ1) is 9.35. The van der Waals surface area contributed by atoms with Crippen LogP contribution in [-0.4, -0.2) is 17.7 Å². The molecule has 0 aliphatic heterocycles. The normalized spacial score (nSPS) is 10.9. The Bertz CT molecular complexity index is 515. The second-order valence-corrected chi connectivity index (χ2v) is 5.59. The molecule has 0 unspecified atom stereocenters. The number of ether oxygens (including phenoxy) is 1. The quantitative estimate of drug-likeness (QED) is 0.768. The molecule has 1 aromatic carbocycles. The molecular weight excluding hydrogens is 254 g/mol. The van der Waals surface area contributed by atoms with Crippen molar-refractivity contribution in [2.24, 2.45) is 5.41 Å². The van der Waals surface area contributed by atoms with E-state index < -0.39 is 5.97 Å². The summed E-state index contributed by atoms with van der Waals surface area (Å²) in [6.45, 7) is 6.28. The van der Waals surface area contributed by atoms with Crippen molar-refractivity contribution < 1.29 is 14.6 Å². The van der Waals surface area contributed by atoms with Crippen LogP contribution in [0.2, 0.25) is 0 Å². The first-order valence-electron chi connectivity index (χ1n) is 6.74. The largest absolute Gasteiger partial charge is 0.493 e. The summed E-state index contributed by atoms with van der Waals surface area (Å²) in [6.07, 6.45) is 2.67. The molecule has 0 aliphatic carbocycles. The molecule has 1 N–H and O–H groups in total. The molecule has 0 radical (unpaired) electrons. The minimum atomic E-state index is -0.932. The maximum absolute atomic E-state index is 10.8. The van der Waals surface area contributed by atoms with Gasteiger partial charge in [0, 0.05) is 0 Å². The highest BCUT2D eigenvalue weighted by molar-refractivity contribution is 5.88. The third-order valence-corrected chi connectivity index (χ3v) is 3.18. The first-order valence-corrected chi connectivity index (χ1v) is 6.74. The third kappa shape index (κ3) is 4.93. The SMILES string of the molecule is Cc1cc(C(=O)O)ccc1OCCCCC(C)(C)C#N. The van der Waals surface area contributed by atoms with Gasteiger partial charge in [0.1, 0.15) is 5.75 Å². The number of unbranched alkanes of at least 4 members (excludes halogenated alkanes) is 1. The molecule has 0 saturated carbocycles. The summed E-state index contributed by atoms with van der Waals surface area (Å²) in [6, 6.07) is 7.12. The van der Waals surface area contributed by atoms with Crippen molar-refractivity contribution in [3.05, 3.63) is 29.3 Å². The molecule has 4 nitrogen and oxygen atoms in total. The maximum atomic E-state index is 10.8. The van der Waals surface area contributed by atoms with Gasteiger partial charge in [-0.05, 0) is 63.8 Å². The Labute approximate surface area is 120 Å². The van der Waals surface area contributed by atoms with E-state index in [9.17, 15) is 4.79 Å². The Morgan fingerprint density at radius 2 is 2.10 bits per heavy atom. The fourth-order valence-corrected chi connectivity index (χ4v) is 1.85. The van der Waals surface area contributed by atoms with Crippen molar-refractivity contribution in [1.29, 1.82) is 5.26 Å². The molecule has 4 heteroatoms. The number of benzene rings is 1. The number of aromatic carboxylic acids is 1. The summed E-state index contributed by atoms with van der Waals surface area (Å²) >= 11 is 0. The van der Waals surface area contributed by atoms with Crippen LogP contribution in [0.5, 0.6) is 5.75 Å². The summed E-state index contributed by atoms with van der Waals surface area (Å²) in [5, 5.41) is 17.8.